The molecule has 2 saturated heterocycles. The van der Waals surface area contributed by atoms with Crippen molar-refractivity contribution in [2.45, 2.75) is 50.9 Å². The summed E-state index contributed by atoms with van der Waals surface area (Å²) in [6.45, 7) is 4.15. The second kappa shape index (κ2) is 10.6. The third kappa shape index (κ3) is 5.39. The molecule has 7 nitrogen and oxygen atoms in total. The third-order valence-corrected chi connectivity index (χ3v) is 7.02. The first-order valence-corrected chi connectivity index (χ1v) is 12.6. The summed E-state index contributed by atoms with van der Waals surface area (Å²) in [6, 6.07) is 17.8. The van der Waals surface area contributed by atoms with E-state index in [-0.39, 0.29) is 24.1 Å². The summed E-state index contributed by atoms with van der Waals surface area (Å²) in [5.41, 5.74) is 3.99. The van der Waals surface area contributed by atoms with Crippen molar-refractivity contribution in [2.24, 2.45) is 0 Å². The number of carbonyl (C=O) groups is 1. The molecule has 0 unspecified atom stereocenters. The van der Waals surface area contributed by atoms with E-state index in [1.807, 2.05) is 49.4 Å². The van der Waals surface area contributed by atoms with Crippen molar-refractivity contribution in [1.29, 1.82) is 0 Å². The van der Waals surface area contributed by atoms with Gasteiger partial charge in [-0.3, -0.25) is 9.78 Å². The summed E-state index contributed by atoms with van der Waals surface area (Å²) >= 11 is 5.78. The van der Waals surface area contributed by atoms with E-state index in [1.165, 1.54) is 0 Å². The summed E-state index contributed by atoms with van der Waals surface area (Å²) < 4.78 is 8.18. The molecule has 1 amide bonds. The van der Waals surface area contributed by atoms with E-state index in [0.29, 0.717) is 18.1 Å². The highest BCUT2D eigenvalue weighted by Gasteiger charge is 2.41. The Morgan fingerprint density at radius 1 is 1.23 bits per heavy atom. The zero-order chi connectivity index (χ0) is 24.2. The molecular weight excluding hydrogens is 458 g/mol. The number of benzene rings is 1. The molecule has 2 fully saturated rings. The Hall–Kier alpha value is -3.23. The minimum absolute atomic E-state index is 0.0341. The Morgan fingerprint density at radius 3 is 2.91 bits per heavy atom. The van der Waals surface area contributed by atoms with Crippen LogP contribution in [0.25, 0.3) is 0 Å². The zero-order valence-electron chi connectivity index (χ0n) is 19.9. The molecule has 0 spiro atoms. The molecule has 35 heavy (non-hydrogen) atoms. The van der Waals surface area contributed by atoms with Crippen molar-refractivity contribution in [3.8, 4) is 0 Å². The predicted octanol–water partition coefficient (Wildman–Crippen LogP) is 4.37. The lowest BCUT2D eigenvalue weighted by molar-refractivity contribution is -0.116. The van der Waals surface area contributed by atoms with Crippen LogP contribution >= 0.6 is 12.2 Å². The molecule has 3 atom stereocenters. The Morgan fingerprint density at radius 2 is 2.14 bits per heavy atom. The molecule has 3 aromatic rings. The molecule has 0 bridgehead atoms. The van der Waals surface area contributed by atoms with Crippen LogP contribution in [0.15, 0.2) is 67.0 Å². The smallest absolute Gasteiger partial charge is 0.226 e. The summed E-state index contributed by atoms with van der Waals surface area (Å²) in [5.74, 6) is -0.0341. The molecule has 1 aromatic carbocycles. The van der Waals surface area contributed by atoms with Gasteiger partial charge in [0.2, 0.25) is 5.91 Å². The number of nitrogens with zero attached hydrogens (tertiary/aromatic N) is 3. The molecular formula is C27H31N5O2S. The molecule has 5 rings (SSSR count). The fraction of sp³-hybridized carbons (Fsp3) is 0.370. The lowest BCUT2D eigenvalue weighted by atomic mass is 10.0. The molecule has 2 aliphatic heterocycles. The summed E-state index contributed by atoms with van der Waals surface area (Å²) in [7, 11) is 0. The Bertz CT molecular complexity index is 1180. The standard InChI is InChI=1S/C27H31N5O2S/c1-19-7-4-8-20(17-19)29-24(33)12-15-32-26(25(30-27(32)35)22-10-2-3-13-28-22)23-11-5-14-31(23)18-21-9-6-16-34-21/h2-5,7-8,10-11,13-14,17,21,25-26H,6,9,12,15-16,18H2,1H3,(H,29,33)(H,30,35)/t21-,25+,26-/m0/s1. The summed E-state index contributed by atoms with van der Waals surface area (Å²) in [6.07, 6.45) is 6.65. The molecule has 2 aromatic heterocycles. The lowest BCUT2D eigenvalue weighted by Gasteiger charge is -2.29. The van der Waals surface area contributed by atoms with Crippen LogP contribution < -0.4 is 10.6 Å². The zero-order valence-corrected chi connectivity index (χ0v) is 20.7. The van der Waals surface area contributed by atoms with Gasteiger partial charge in [-0.1, -0.05) is 18.2 Å². The van der Waals surface area contributed by atoms with E-state index in [4.69, 9.17) is 17.0 Å². The fourth-order valence-corrected chi connectivity index (χ4v) is 5.34. The number of ether oxygens (including phenoxy) is 1. The minimum Gasteiger partial charge on any atom is -0.376 e. The second-order valence-electron chi connectivity index (χ2n) is 9.21. The minimum atomic E-state index is -0.110. The maximum Gasteiger partial charge on any atom is 0.226 e. The van der Waals surface area contributed by atoms with E-state index >= 15 is 0 Å². The topological polar surface area (TPSA) is 71.4 Å². The first-order chi connectivity index (χ1) is 17.1. The van der Waals surface area contributed by atoms with Gasteiger partial charge < -0.3 is 24.8 Å². The second-order valence-corrected chi connectivity index (χ2v) is 9.59. The highest BCUT2D eigenvalue weighted by molar-refractivity contribution is 7.80. The quantitative estimate of drug-likeness (QED) is 0.458. The van der Waals surface area contributed by atoms with E-state index in [2.05, 4.69) is 43.4 Å². The van der Waals surface area contributed by atoms with Crippen molar-refractivity contribution in [3.05, 3.63) is 83.9 Å². The van der Waals surface area contributed by atoms with Gasteiger partial charge >= 0.3 is 0 Å². The summed E-state index contributed by atoms with van der Waals surface area (Å²) in [4.78, 5) is 19.5. The van der Waals surface area contributed by atoms with Crippen LogP contribution in [-0.2, 0) is 16.1 Å². The molecule has 182 valence electrons. The van der Waals surface area contributed by atoms with E-state index < -0.39 is 0 Å². The number of pyridine rings is 1. The fourth-order valence-electron chi connectivity index (χ4n) is 5.01. The number of hydrogen-bond donors (Lipinski definition) is 2. The Kier molecular flexibility index (Phi) is 7.11. The van der Waals surface area contributed by atoms with Crippen LogP contribution in [0, 0.1) is 6.92 Å². The highest BCUT2D eigenvalue weighted by Crippen LogP contribution is 2.39. The van der Waals surface area contributed by atoms with Crippen molar-refractivity contribution < 1.29 is 9.53 Å². The number of anilines is 1. The monoisotopic (exact) mass is 489 g/mol. The SMILES string of the molecule is Cc1cccc(NC(=O)CCN2C(=S)N[C@H](c3ccccn3)[C@@H]2c2cccn2C[C@@H]2CCCO2)c1. The summed E-state index contributed by atoms with van der Waals surface area (Å²) in [5, 5.41) is 7.13. The molecule has 2 aliphatic rings. The third-order valence-electron chi connectivity index (χ3n) is 6.67. The van der Waals surface area contributed by atoms with Gasteiger partial charge in [0.25, 0.3) is 0 Å². The molecule has 0 radical (unpaired) electrons. The normalized spacial score (nSPS) is 21.8. The molecule has 0 saturated carbocycles. The average Bonchev–Trinajstić information content (AvgIpc) is 3.59. The first kappa shape index (κ1) is 23.5. The largest absolute Gasteiger partial charge is 0.376 e. The number of amides is 1. The maximum absolute atomic E-state index is 12.8. The first-order valence-electron chi connectivity index (χ1n) is 12.2. The van der Waals surface area contributed by atoms with Crippen LogP contribution in [-0.4, -0.2) is 44.7 Å². The maximum atomic E-state index is 12.8. The van der Waals surface area contributed by atoms with Gasteiger partial charge in [0, 0.05) is 49.9 Å². The van der Waals surface area contributed by atoms with E-state index in [0.717, 1.165) is 48.6 Å². The van der Waals surface area contributed by atoms with Gasteiger partial charge in [0.05, 0.1) is 23.9 Å². The molecule has 2 N–H and O–H groups in total. The molecule has 4 heterocycles. The number of carbonyl (C=O) groups excluding carboxylic acids is 1. The number of aryl methyl sites for hydroxylation is 1. The van der Waals surface area contributed by atoms with Gasteiger partial charge in [0.1, 0.15) is 0 Å². The van der Waals surface area contributed by atoms with Gasteiger partial charge in [-0.25, -0.2) is 0 Å². The van der Waals surface area contributed by atoms with Crippen LogP contribution in [0.1, 0.15) is 48.3 Å². The van der Waals surface area contributed by atoms with E-state index in [9.17, 15) is 4.79 Å². The van der Waals surface area contributed by atoms with Crippen LogP contribution in [0.2, 0.25) is 0 Å². The number of nitrogens with one attached hydrogen (secondary N) is 2. The number of aromatic nitrogens is 2. The number of thiocarbonyl (C=S) groups is 1. The van der Waals surface area contributed by atoms with Crippen molar-refractivity contribution in [3.63, 3.8) is 0 Å². The average molecular weight is 490 g/mol. The molecule has 0 aliphatic carbocycles. The van der Waals surface area contributed by atoms with Crippen LogP contribution in [0.3, 0.4) is 0 Å². The van der Waals surface area contributed by atoms with E-state index in [1.54, 1.807) is 6.20 Å². The van der Waals surface area contributed by atoms with Gasteiger partial charge in [-0.2, -0.15) is 0 Å². The highest BCUT2D eigenvalue weighted by atomic mass is 32.1. The Balaban J connectivity index is 1.37. The predicted molar refractivity (Wildman–Crippen MR) is 140 cm³/mol. The van der Waals surface area contributed by atoms with Gasteiger partial charge in [0.15, 0.2) is 5.11 Å². The number of hydrogen-bond acceptors (Lipinski definition) is 4. The van der Waals surface area contributed by atoms with Crippen molar-refractivity contribution >= 4 is 28.9 Å². The van der Waals surface area contributed by atoms with Crippen LogP contribution in [0.4, 0.5) is 5.69 Å². The Labute approximate surface area is 211 Å². The van der Waals surface area contributed by atoms with Crippen molar-refractivity contribution in [2.75, 3.05) is 18.5 Å². The number of rotatable bonds is 8. The molecule has 8 heteroatoms. The van der Waals surface area contributed by atoms with Crippen molar-refractivity contribution in [1.82, 2.24) is 19.8 Å². The van der Waals surface area contributed by atoms with Crippen LogP contribution in [0.5, 0.6) is 0 Å². The van der Waals surface area contributed by atoms with Gasteiger partial charge in [-0.15, -0.1) is 0 Å². The lowest BCUT2D eigenvalue weighted by Crippen LogP contribution is -2.33. The van der Waals surface area contributed by atoms with Gasteiger partial charge in [-0.05, 0) is 73.9 Å².